The van der Waals surface area contributed by atoms with Gasteiger partial charge < -0.3 is 14.9 Å². The smallest absolute Gasteiger partial charge is 0.471 e. The summed E-state index contributed by atoms with van der Waals surface area (Å²) in [5.41, 5.74) is 0.278. The lowest BCUT2D eigenvalue weighted by Gasteiger charge is -2.34. The molecule has 1 aliphatic rings. The van der Waals surface area contributed by atoms with E-state index in [1.54, 1.807) is 6.92 Å². The Kier molecular flexibility index (Phi) is 5.72. The molecule has 0 unspecified atom stereocenters. The predicted molar refractivity (Wildman–Crippen MR) is 86.8 cm³/mol. The number of carboxylic acids is 1. The molecule has 1 aromatic carbocycles. The van der Waals surface area contributed by atoms with Crippen LogP contribution in [0.15, 0.2) is 18.2 Å². The van der Waals surface area contributed by atoms with Crippen molar-refractivity contribution in [3.05, 3.63) is 29.3 Å². The maximum Gasteiger partial charge on any atom is 0.471 e. The van der Waals surface area contributed by atoms with Crippen LogP contribution in [0.25, 0.3) is 0 Å². The molecular weight excluding hydrogens is 337 g/mol. The summed E-state index contributed by atoms with van der Waals surface area (Å²) in [6.07, 6.45) is -3.64. The Balaban J connectivity index is 2.36. The number of likely N-dealkylation sites (tertiary alicyclic amines) is 1. The van der Waals surface area contributed by atoms with Gasteiger partial charge in [-0.15, -0.1) is 0 Å². The lowest BCUT2D eigenvalue weighted by Crippen LogP contribution is -2.46. The van der Waals surface area contributed by atoms with Gasteiger partial charge in [0.1, 0.15) is 0 Å². The normalized spacial score (nSPS) is 16.7. The summed E-state index contributed by atoms with van der Waals surface area (Å²) in [5, 5.41) is 9.10. The Hall–Kier alpha value is -2.09. The van der Waals surface area contributed by atoms with E-state index in [0.29, 0.717) is 23.3 Å². The van der Waals surface area contributed by atoms with Crippen LogP contribution in [0.2, 0.25) is 0 Å². The van der Waals surface area contributed by atoms with E-state index in [9.17, 15) is 22.8 Å². The van der Waals surface area contributed by atoms with E-state index >= 15 is 0 Å². The van der Waals surface area contributed by atoms with Gasteiger partial charge in [-0.1, -0.05) is 6.07 Å². The maximum absolute atomic E-state index is 13.1. The van der Waals surface area contributed by atoms with Gasteiger partial charge in [-0.3, -0.25) is 4.79 Å². The van der Waals surface area contributed by atoms with Crippen molar-refractivity contribution < 1.29 is 27.9 Å². The topological polar surface area (TPSA) is 60.9 Å². The van der Waals surface area contributed by atoms with E-state index in [4.69, 9.17) is 5.11 Å². The monoisotopic (exact) mass is 358 g/mol. The van der Waals surface area contributed by atoms with Crippen LogP contribution in [0.3, 0.4) is 0 Å². The summed E-state index contributed by atoms with van der Waals surface area (Å²) in [6.45, 7) is 3.00. The fraction of sp³-hybridized carbons (Fsp3) is 0.529. The van der Waals surface area contributed by atoms with E-state index in [1.165, 1.54) is 12.1 Å². The van der Waals surface area contributed by atoms with Gasteiger partial charge in [0, 0.05) is 12.2 Å². The third-order valence-corrected chi connectivity index (χ3v) is 4.51. The van der Waals surface area contributed by atoms with Crippen molar-refractivity contribution in [3.63, 3.8) is 0 Å². The first-order chi connectivity index (χ1) is 11.6. The minimum absolute atomic E-state index is 0.00107. The van der Waals surface area contributed by atoms with Crippen molar-refractivity contribution in [1.29, 1.82) is 0 Å². The Morgan fingerprint density at radius 3 is 2.40 bits per heavy atom. The van der Waals surface area contributed by atoms with Crippen LogP contribution in [0, 0.1) is 12.8 Å². The van der Waals surface area contributed by atoms with E-state index in [1.807, 2.05) is 7.05 Å². The van der Waals surface area contributed by atoms with E-state index in [-0.39, 0.29) is 23.7 Å². The summed E-state index contributed by atoms with van der Waals surface area (Å²) in [4.78, 5) is 25.9. The minimum Gasteiger partial charge on any atom is -0.478 e. The van der Waals surface area contributed by atoms with Crippen molar-refractivity contribution in [2.75, 3.05) is 31.6 Å². The number of alkyl halides is 3. The highest BCUT2D eigenvalue weighted by Crippen LogP contribution is 2.30. The summed E-state index contributed by atoms with van der Waals surface area (Å²) < 4.78 is 39.2. The molecule has 1 saturated heterocycles. The number of carbonyl (C=O) groups is 2. The average molecular weight is 358 g/mol. The predicted octanol–water partition coefficient (Wildman–Crippen LogP) is 2.93. The van der Waals surface area contributed by atoms with Gasteiger partial charge in [-0.05, 0) is 63.5 Å². The SMILES string of the molecule is Cc1ccc(C(=O)O)cc1N(CC1CCN(C)CC1)C(=O)C(F)(F)F. The van der Waals surface area contributed by atoms with Crippen molar-refractivity contribution >= 4 is 17.6 Å². The van der Waals surface area contributed by atoms with Gasteiger partial charge >= 0.3 is 18.1 Å². The fourth-order valence-corrected chi connectivity index (χ4v) is 2.98. The van der Waals surface area contributed by atoms with Gasteiger partial charge in [0.25, 0.3) is 0 Å². The van der Waals surface area contributed by atoms with Crippen LogP contribution >= 0.6 is 0 Å². The molecule has 25 heavy (non-hydrogen) atoms. The molecule has 0 aliphatic carbocycles. The van der Waals surface area contributed by atoms with Crippen LogP contribution in [-0.4, -0.2) is 54.7 Å². The Morgan fingerprint density at radius 2 is 1.88 bits per heavy atom. The molecule has 1 amide bonds. The van der Waals surface area contributed by atoms with E-state index < -0.39 is 18.1 Å². The number of halogens is 3. The van der Waals surface area contributed by atoms with Crippen molar-refractivity contribution in [2.45, 2.75) is 25.9 Å². The number of anilines is 1. The molecular formula is C17H21F3N2O3. The number of hydrogen-bond donors (Lipinski definition) is 1. The summed E-state index contributed by atoms with van der Waals surface area (Å²) in [5.74, 6) is -3.27. The third kappa shape index (κ3) is 4.72. The van der Waals surface area contributed by atoms with Gasteiger partial charge in [0.05, 0.1) is 5.56 Å². The zero-order valence-electron chi connectivity index (χ0n) is 14.1. The van der Waals surface area contributed by atoms with E-state index in [2.05, 4.69) is 4.90 Å². The largest absolute Gasteiger partial charge is 0.478 e. The molecule has 0 saturated carbocycles. The van der Waals surface area contributed by atoms with Crippen molar-refractivity contribution in [1.82, 2.24) is 4.90 Å². The molecule has 0 atom stereocenters. The fourth-order valence-electron chi connectivity index (χ4n) is 2.98. The first kappa shape index (κ1) is 19.2. The molecule has 8 heteroatoms. The molecule has 2 rings (SSSR count). The van der Waals surface area contributed by atoms with E-state index in [0.717, 1.165) is 19.2 Å². The van der Waals surface area contributed by atoms with Crippen molar-refractivity contribution in [2.24, 2.45) is 5.92 Å². The Morgan fingerprint density at radius 1 is 1.28 bits per heavy atom. The summed E-state index contributed by atoms with van der Waals surface area (Å²) >= 11 is 0. The van der Waals surface area contributed by atoms with Crippen LogP contribution in [0.4, 0.5) is 18.9 Å². The highest BCUT2D eigenvalue weighted by atomic mass is 19.4. The van der Waals surface area contributed by atoms with Crippen molar-refractivity contribution in [3.8, 4) is 0 Å². The molecule has 1 aliphatic heterocycles. The quantitative estimate of drug-likeness (QED) is 0.899. The molecule has 1 fully saturated rings. The number of hydrogen-bond acceptors (Lipinski definition) is 3. The van der Waals surface area contributed by atoms with Gasteiger partial charge in [0.15, 0.2) is 0 Å². The highest BCUT2D eigenvalue weighted by molar-refractivity contribution is 5.99. The number of aryl methyl sites for hydroxylation is 1. The van der Waals surface area contributed by atoms with Crippen LogP contribution in [0.1, 0.15) is 28.8 Å². The Labute approximate surface area is 144 Å². The number of piperidine rings is 1. The third-order valence-electron chi connectivity index (χ3n) is 4.51. The molecule has 1 N–H and O–H groups in total. The lowest BCUT2D eigenvalue weighted by molar-refractivity contribution is -0.170. The van der Waals surface area contributed by atoms with Crippen LogP contribution in [-0.2, 0) is 4.79 Å². The highest BCUT2D eigenvalue weighted by Gasteiger charge is 2.44. The molecule has 1 heterocycles. The summed E-state index contributed by atoms with van der Waals surface area (Å²) in [7, 11) is 1.94. The number of carbonyl (C=O) groups excluding carboxylic acids is 1. The molecule has 5 nitrogen and oxygen atoms in total. The maximum atomic E-state index is 13.1. The van der Waals surface area contributed by atoms with Gasteiger partial charge in [-0.25, -0.2) is 4.79 Å². The first-order valence-electron chi connectivity index (χ1n) is 8.00. The van der Waals surface area contributed by atoms with Crippen LogP contribution < -0.4 is 4.90 Å². The second-order valence-corrected chi connectivity index (χ2v) is 6.47. The minimum atomic E-state index is -5.02. The van der Waals surface area contributed by atoms with Gasteiger partial charge in [-0.2, -0.15) is 13.2 Å². The lowest BCUT2D eigenvalue weighted by atomic mass is 9.95. The first-order valence-corrected chi connectivity index (χ1v) is 8.00. The number of amides is 1. The summed E-state index contributed by atoms with van der Waals surface area (Å²) in [6, 6.07) is 3.87. The molecule has 0 aromatic heterocycles. The molecule has 0 spiro atoms. The number of benzene rings is 1. The zero-order valence-corrected chi connectivity index (χ0v) is 14.1. The molecule has 0 radical (unpaired) electrons. The van der Waals surface area contributed by atoms with Crippen LogP contribution in [0.5, 0.6) is 0 Å². The average Bonchev–Trinajstić information content (AvgIpc) is 2.53. The molecule has 1 aromatic rings. The number of nitrogens with zero attached hydrogens (tertiary/aromatic N) is 2. The standard InChI is InChI=1S/C17H21F3N2O3/c1-11-3-4-13(15(23)24)9-14(11)22(16(25)17(18,19)20)10-12-5-7-21(2)8-6-12/h3-4,9,12H,5-8,10H2,1-2H3,(H,23,24). The second-order valence-electron chi connectivity index (χ2n) is 6.47. The second kappa shape index (κ2) is 7.43. The molecule has 0 bridgehead atoms. The number of rotatable bonds is 4. The zero-order chi connectivity index (χ0) is 18.8. The number of aromatic carboxylic acids is 1. The molecule has 138 valence electrons. The van der Waals surface area contributed by atoms with Gasteiger partial charge in [0.2, 0.25) is 0 Å². The number of carboxylic acid groups (broad SMARTS) is 1. The Bertz CT molecular complexity index is 653.